The summed E-state index contributed by atoms with van der Waals surface area (Å²) in [5.41, 5.74) is 2.15. The largest absolute Gasteiger partial charge is 0.328 e. The Balaban J connectivity index is 2.41. The second-order valence-electron chi connectivity index (χ2n) is 4.62. The molecule has 0 saturated heterocycles. The number of hydrogen-bond donors (Lipinski definition) is 0. The topological polar surface area (TPSA) is 30.7 Å². The van der Waals surface area contributed by atoms with Gasteiger partial charge < -0.3 is 4.57 Å². The summed E-state index contributed by atoms with van der Waals surface area (Å²) in [6.07, 6.45) is 6.87. The Labute approximate surface area is 113 Å². The Hall–Kier alpha value is -1.09. The third-order valence-corrected chi connectivity index (χ3v) is 3.73. The minimum Gasteiger partial charge on any atom is -0.328 e. The maximum absolute atomic E-state index is 5.87. The molecule has 0 aliphatic heterocycles. The van der Waals surface area contributed by atoms with Crippen LogP contribution in [0.1, 0.15) is 32.5 Å². The first-order chi connectivity index (χ1) is 8.80. The van der Waals surface area contributed by atoms with Gasteiger partial charge in [-0.3, -0.25) is 4.98 Å². The predicted molar refractivity (Wildman–Crippen MR) is 76.0 cm³/mol. The summed E-state index contributed by atoms with van der Waals surface area (Å²) >= 11 is 5.87. The lowest BCUT2D eigenvalue weighted by Crippen LogP contribution is -2.12. The first-order valence-corrected chi connectivity index (χ1v) is 7.18. The highest BCUT2D eigenvalue weighted by Gasteiger charge is 2.13. The predicted octanol–water partition coefficient (Wildman–Crippen LogP) is 3.65. The van der Waals surface area contributed by atoms with Crippen LogP contribution < -0.4 is 0 Å². The number of pyridine rings is 1. The monoisotopic (exact) mass is 265 g/mol. The van der Waals surface area contributed by atoms with Gasteiger partial charge in [0.15, 0.2) is 0 Å². The van der Waals surface area contributed by atoms with Crippen molar-refractivity contribution in [1.82, 2.24) is 14.5 Å². The molecule has 0 spiro atoms. The zero-order valence-corrected chi connectivity index (χ0v) is 11.8. The Morgan fingerprint density at radius 1 is 1.33 bits per heavy atom. The number of alkyl halides is 1. The molecule has 4 heteroatoms. The number of halogens is 1. The Kier molecular flexibility index (Phi) is 4.59. The maximum Gasteiger partial charge on any atom is 0.111 e. The van der Waals surface area contributed by atoms with E-state index in [1.54, 1.807) is 0 Å². The van der Waals surface area contributed by atoms with Crippen molar-refractivity contribution < 1.29 is 0 Å². The Bertz CT molecular complexity index is 503. The highest BCUT2D eigenvalue weighted by molar-refractivity contribution is 6.17. The van der Waals surface area contributed by atoms with Gasteiger partial charge in [-0.2, -0.15) is 0 Å². The summed E-state index contributed by atoms with van der Waals surface area (Å²) < 4.78 is 2.32. The maximum atomic E-state index is 5.87. The van der Waals surface area contributed by atoms with Crippen LogP contribution in [-0.4, -0.2) is 20.4 Å². The molecule has 0 aliphatic rings. The Morgan fingerprint density at radius 2 is 2.11 bits per heavy atom. The van der Waals surface area contributed by atoms with E-state index >= 15 is 0 Å². The van der Waals surface area contributed by atoms with Crippen molar-refractivity contribution in [2.45, 2.75) is 39.7 Å². The first kappa shape index (κ1) is 13.3. The smallest absolute Gasteiger partial charge is 0.111 e. The molecule has 0 N–H and O–H groups in total. The van der Waals surface area contributed by atoms with Gasteiger partial charge in [0.05, 0.1) is 11.7 Å². The first-order valence-electron chi connectivity index (χ1n) is 6.65. The molecule has 2 rings (SSSR count). The minimum absolute atomic E-state index is 0.611. The van der Waals surface area contributed by atoms with E-state index in [0.717, 1.165) is 24.3 Å². The number of aryl methyl sites for hydroxylation is 1. The second kappa shape index (κ2) is 6.19. The number of imidazole rings is 1. The van der Waals surface area contributed by atoms with Gasteiger partial charge in [0.2, 0.25) is 0 Å². The lowest BCUT2D eigenvalue weighted by molar-refractivity contribution is 0.417. The van der Waals surface area contributed by atoms with E-state index in [-0.39, 0.29) is 0 Å². The van der Waals surface area contributed by atoms with E-state index in [2.05, 4.69) is 28.4 Å². The van der Waals surface area contributed by atoms with Crippen molar-refractivity contribution in [3.05, 3.63) is 24.3 Å². The van der Waals surface area contributed by atoms with E-state index in [1.165, 1.54) is 18.4 Å². The molecule has 0 fully saturated rings. The lowest BCUT2D eigenvalue weighted by atomic mass is 10.0. The molecule has 0 bridgehead atoms. The highest BCUT2D eigenvalue weighted by atomic mass is 35.5. The van der Waals surface area contributed by atoms with Crippen molar-refractivity contribution >= 4 is 22.6 Å². The summed E-state index contributed by atoms with van der Waals surface area (Å²) in [6, 6.07) is 2.04. The zero-order chi connectivity index (χ0) is 13.0. The van der Waals surface area contributed by atoms with Crippen molar-refractivity contribution in [3.63, 3.8) is 0 Å². The molecule has 0 unspecified atom stereocenters. The van der Waals surface area contributed by atoms with Crippen LogP contribution in [0.15, 0.2) is 18.5 Å². The van der Waals surface area contributed by atoms with Crippen LogP contribution in [0.4, 0.5) is 0 Å². The van der Waals surface area contributed by atoms with E-state index in [4.69, 9.17) is 11.6 Å². The molecule has 0 aliphatic carbocycles. The second-order valence-corrected chi connectivity index (χ2v) is 5.00. The molecular weight excluding hydrogens is 246 g/mol. The fraction of sp³-hybridized carbons (Fsp3) is 0.571. The lowest BCUT2D eigenvalue weighted by Gasteiger charge is -2.16. The van der Waals surface area contributed by atoms with Crippen LogP contribution in [0.2, 0.25) is 0 Å². The molecule has 2 aromatic rings. The van der Waals surface area contributed by atoms with Gasteiger partial charge in [-0.15, -0.1) is 11.6 Å². The quantitative estimate of drug-likeness (QED) is 0.747. The Morgan fingerprint density at radius 3 is 2.78 bits per heavy atom. The summed E-state index contributed by atoms with van der Waals surface area (Å²) in [7, 11) is 0. The molecule has 3 nitrogen and oxygen atoms in total. The molecule has 2 aromatic heterocycles. The third kappa shape index (κ3) is 2.66. The number of aromatic nitrogens is 3. The van der Waals surface area contributed by atoms with Gasteiger partial charge >= 0.3 is 0 Å². The molecule has 0 amide bonds. The van der Waals surface area contributed by atoms with Gasteiger partial charge in [-0.1, -0.05) is 26.7 Å². The summed E-state index contributed by atoms with van der Waals surface area (Å²) in [6.45, 7) is 5.52. The summed E-state index contributed by atoms with van der Waals surface area (Å²) in [5.74, 6) is 2.39. The molecule has 98 valence electrons. The highest BCUT2D eigenvalue weighted by Crippen LogP contribution is 2.20. The molecule has 0 saturated carbocycles. The van der Waals surface area contributed by atoms with Gasteiger partial charge in [0, 0.05) is 25.0 Å². The average molecular weight is 266 g/mol. The van der Waals surface area contributed by atoms with Gasteiger partial charge in [0.25, 0.3) is 0 Å². The SMILES string of the molecule is CCC(CC)Cn1c(CCCl)nc2cnccc21. The molecule has 0 atom stereocenters. The van der Waals surface area contributed by atoms with Crippen LogP contribution in [-0.2, 0) is 13.0 Å². The molecule has 18 heavy (non-hydrogen) atoms. The van der Waals surface area contributed by atoms with E-state index < -0.39 is 0 Å². The van der Waals surface area contributed by atoms with E-state index in [0.29, 0.717) is 11.8 Å². The molecular formula is C14H20ClN3. The number of nitrogens with zero attached hydrogens (tertiary/aromatic N) is 3. The fourth-order valence-corrected chi connectivity index (χ4v) is 2.48. The van der Waals surface area contributed by atoms with Crippen molar-refractivity contribution in [3.8, 4) is 0 Å². The molecule has 2 heterocycles. The average Bonchev–Trinajstić information content (AvgIpc) is 2.74. The zero-order valence-electron chi connectivity index (χ0n) is 11.1. The summed E-state index contributed by atoms with van der Waals surface area (Å²) in [5, 5.41) is 0. The van der Waals surface area contributed by atoms with Crippen LogP contribution >= 0.6 is 11.6 Å². The summed E-state index contributed by atoms with van der Waals surface area (Å²) in [4.78, 5) is 8.78. The van der Waals surface area contributed by atoms with Crippen LogP contribution in [0, 0.1) is 5.92 Å². The van der Waals surface area contributed by atoms with Crippen LogP contribution in [0.3, 0.4) is 0 Å². The van der Waals surface area contributed by atoms with Crippen molar-refractivity contribution in [1.29, 1.82) is 0 Å². The number of hydrogen-bond acceptors (Lipinski definition) is 2. The minimum atomic E-state index is 0.611. The molecule has 0 aromatic carbocycles. The fourth-order valence-electron chi connectivity index (χ4n) is 2.32. The van der Waals surface area contributed by atoms with Gasteiger partial charge in [-0.25, -0.2) is 4.98 Å². The molecule has 0 radical (unpaired) electrons. The third-order valence-electron chi connectivity index (χ3n) is 3.54. The normalized spacial score (nSPS) is 11.6. The number of fused-ring (bicyclic) bond motifs is 1. The van der Waals surface area contributed by atoms with Gasteiger partial charge in [-0.05, 0) is 12.0 Å². The van der Waals surface area contributed by atoms with Crippen molar-refractivity contribution in [2.24, 2.45) is 5.92 Å². The standard InChI is InChI=1S/C14H20ClN3/c1-3-11(4-2)10-18-13-6-8-16-9-12(13)17-14(18)5-7-15/h6,8-9,11H,3-5,7,10H2,1-2H3. The number of rotatable bonds is 6. The van der Waals surface area contributed by atoms with E-state index in [9.17, 15) is 0 Å². The van der Waals surface area contributed by atoms with Crippen molar-refractivity contribution in [2.75, 3.05) is 5.88 Å². The van der Waals surface area contributed by atoms with E-state index in [1.807, 2.05) is 18.5 Å². The van der Waals surface area contributed by atoms with Gasteiger partial charge in [0.1, 0.15) is 11.3 Å². The van der Waals surface area contributed by atoms with Crippen LogP contribution in [0.5, 0.6) is 0 Å². The van der Waals surface area contributed by atoms with Crippen LogP contribution in [0.25, 0.3) is 11.0 Å².